The van der Waals surface area contributed by atoms with E-state index in [1.54, 1.807) is 12.4 Å². The van der Waals surface area contributed by atoms with Crippen LogP contribution in [-0.2, 0) is 4.74 Å². The number of nitrogens with zero attached hydrogens (tertiary/aromatic N) is 3. The lowest BCUT2D eigenvalue weighted by Crippen LogP contribution is -2.26. The normalized spacial score (nSPS) is 14.6. The van der Waals surface area contributed by atoms with E-state index in [0.29, 0.717) is 25.3 Å². The van der Waals surface area contributed by atoms with E-state index >= 15 is 0 Å². The van der Waals surface area contributed by atoms with Gasteiger partial charge in [0, 0.05) is 45.2 Å². The van der Waals surface area contributed by atoms with Crippen LogP contribution in [0.3, 0.4) is 0 Å². The molecule has 0 aliphatic carbocycles. The number of carbonyl (C=O) groups is 1. The van der Waals surface area contributed by atoms with E-state index in [4.69, 9.17) is 4.74 Å². The molecule has 1 aromatic rings. The largest absolute Gasteiger partial charge is 0.382 e. The van der Waals surface area contributed by atoms with Crippen molar-refractivity contribution in [1.82, 2.24) is 15.3 Å². The number of rotatable bonds is 7. The standard InChI is InChI=1S/C14H22N4O2/c1-2-20-9-5-6-15-13(19)12-10-16-14(17-11-12)18-7-3-4-8-18/h10-11H,2-9H2,1H3,(H,15,19). The molecule has 0 unspecified atom stereocenters. The summed E-state index contributed by atoms with van der Waals surface area (Å²) in [6, 6.07) is 0. The van der Waals surface area contributed by atoms with Crippen molar-refractivity contribution in [1.29, 1.82) is 0 Å². The van der Waals surface area contributed by atoms with Gasteiger partial charge in [0.05, 0.1) is 5.56 Å². The number of hydrogen-bond donors (Lipinski definition) is 1. The van der Waals surface area contributed by atoms with Gasteiger partial charge in [0.25, 0.3) is 5.91 Å². The van der Waals surface area contributed by atoms with Gasteiger partial charge < -0.3 is 15.0 Å². The maximum Gasteiger partial charge on any atom is 0.254 e. The maximum atomic E-state index is 11.9. The quantitative estimate of drug-likeness (QED) is 0.760. The Kier molecular flexibility index (Phi) is 5.73. The molecule has 2 heterocycles. The fourth-order valence-electron chi connectivity index (χ4n) is 2.14. The van der Waals surface area contributed by atoms with Crippen LogP contribution < -0.4 is 10.2 Å². The van der Waals surface area contributed by atoms with Gasteiger partial charge in [-0.3, -0.25) is 4.79 Å². The van der Waals surface area contributed by atoms with Crippen LogP contribution in [0.5, 0.6) is 0 Å². The van der Waals surface area contributed by atoms with Crippen LogP contribution in [-0.4, -0.2) is 48.7 Å². The number of amides is 1. The van der Waals surface area contributed by atoms with Gasteiger partial charge >= 0.3 is 0 Å². The molecule has 110 valence electrons. The van der Waals surface area contributed by atoms with Crippen LogP contribution in [0.2, 0.25) is 0 Å². The third-order valence-electron chi connectivity index (χ3n) is 3.24. The molecule has 2 rings (SSSR count). The van der Waals surface area contributed by atoms with Crippen molar-refractivity contribution in [2.24, 2.45) is 0 Å². The first-order chi connectivity index (χ1) is 9.81. The molecule has 1 N–H and O–H groups in total. The molecule has 1 aliphatic rings. The van der Waals surface area contributed by atoms with Crippen LogP contribution in [0.25, 0.3) is 0 Å². The van der Waals surface area contributed by atoms with Crippen LogP contribution >= 0.6 is 0 Å². The lowest BCUT2D eigenvalue weighted by molar-refractivity contribution is 0.0943. The zero-order valence-corrected chi connectivity index (χ0v) is 12.0. The molecular weight excluding hydrogens is 256 g/mol. The Hall–Kier alpha value is -1.69. The fourth-order valence-corrected chi connectivity index (χ4v) is 2.14. The molecule has 0 spiro atoms. The van der Waals surface area contributed by atoms with Gasteiger partial charge in [-0.1, -0.05) is 0 Å². The molecule has 1 aromatic heterocycles. The number of anilines is 1. The van der Waals surface area contributed by atoms with Gasteiger partial charge in [0.2, 0.25) is 5.95 Å². The molecule has 6 heteroatoms. The van der Waals surface area contributed by atoms with Gasteiger partial charge in [0.15, 0.2) is 0 Å². The van der Waals surface area contributed by atoms with Crippen LogP contribution in [0.4, 0.5) is 5.95 Å². The fraction of sp³-hybridized carbons (Fsp3) is 0.643. The molecule has 0 bridgehead atoms. The summed E-state index contributed by atoms with van der Waals surface area (Å²) in [4.78, 5) is 22.5. The topological polar surface area (TPSA) is 67.3 Å². The second kappa shape index (κ2) is 7.79. The lowest BCUT2D eigenvalue weighted by Gasteiger charge is -2.14. The Morgan fingerprint density at radius 2 is 2.05 bits per heavy atom. The molecule has 20 heavy (non-hydrogen) atoms. The Morgan fingerprint density at radius 1 is 1.35 bits per heavy atom. The average molecular weight is 278 g/mol. The third kappa shape index (κ3) is 4.16. The molecule has 1 aliphatic heterocycles. The second-order valence-electron chi connectivity index (χ2n) is 4.77. The first kappa shape index (κ1) is 14.7. The zero-order chi connectivity index (χ0) is 14.2. The van der Waals surface area contributed by atoms with E-state index in [-0.39, 0.29) is 5.91 Å². The van der Waals surface area contributed by atoms with Crippen LogP contribution in [0, 0.1) is 0 Å². The van der Waals surface area contributed by atoms with Gasteiger partial charge in [-0.15, -0.1) is 0 Å². The lowest BCUT2D eigenvalue weighted by atomic mass is 10.3. The van der Waals surface area contributed by atoms with Crippen molar-refractivity contribution in [2.75, 3.05) is 37.7 Å². The van der Waals surface area contributed by atoms with E-state index in [1.165, 1.54) is 12.8 Å². The van der Waals surface area contributed by atoms with Crippen molar-refractivity contribution in [3.63, 3.8) is 0 Å². The Labute approximate surface area is 119 Å². The Morgan fingerprint density at radius 3 is 2.70 bits per heavy atom. The van der Waals surface area contributed by atoms with E-state index < -0.39 is 0 Å². The van der Waals surface area contributed by atoms with E-state index in [0.717, 1.165) is 25.5 Å². The number of aromatic nitrogens is 2. The Bertz CT molecular complexity index is 416. The number of carbonyl (C=O) groups excluding carboxylic acids is 1. The van der Waals surface area contributed by atoms with E-state index in [1.807, 2.05) is 6.92 Å². The first-order valence-electron chi connectivity index (χ1n) is 7.24. The summed E-state index contributed by atoms with van der Waals surface area (Å²) in [6.07, 6.45) is 6.38. The minimum Gasteiger partial charge on any atom is -0.382 e. The Balaban J connectivity index is 1.78. The molecule has 1 fully saturated rings. The highest BCUT2D eigenvalue weighted by Crippen LogP contribution is 2.14. The predicted octanol–water partition coefficient (Wildman–Crippen LogP) is 1.23. The molecule has 6 nitrogen and oxygen atoms in total. The van der Waals surface area contributed by atoms with Gasteiger partial charge in [-0.2, -0.15) is 0 Å². The number of nitrogens with one attached hydrogen (secondary N) is 1. The van der Waals surface area contributed by atoms with Crippen LogP contribution in [0.15, 0.2) is 12.4 Å². The number of ether oxygens (including phenoxy) is 1. The first-order valence-corrected chi connectivity index (χ1v) is 7.24. The molecule has 0 saturated carbocycles. The SMILES string of the molecule is CCOCCCNC(=O)c1cnc(N2CCCC2)nc1. The molecule has 0 radical (unpaired) electrons. The monoisotopic (exact) mass is 278 g/mol. The molecule has 1 saturated heterocycles. The predicted molar refractivity (Wildman–Crippen MR) is 76.9 cm³/mol. The summed E-state index contributed by atoms with van der Waals surface area (Å²) < 4.78 is 5.21. The summed E-state index contributed by atoms with van der Waals surface area (Å²) in [7, 11) is 0. The number of hydrogen-bond acceptors (Lipinski definition) is 5. The molecule has 0 aromatic carbocycles. The van der Waals surface area contributed by atoms with Gasteiger partial charge in [0.1, 0.15) is 0 Å². The summed E-state index contributed by atoms with van der Waals surface area (Å²) >= 11 is 0. The van der Waals surface area contributed by atoms with Crippen molar-refractivity contribution in [3.05, 3.63) is 18.0 Å². The molecule has 1 amide bonds. The van der Waals surface area contributed by atoms with Crippen molar-refractivity contribution >= 4 is 11.9 Å². The summed E-state index contributed by atoms with van der Waals surface area (Å²) in [5, 5.41) is 2.83. The van der Waals surface area contributed by atoms with Gasteiger partial charge in [-0.05, 0) is 26.2 Å². The molecular formula is C14H22N4O2. The smallest absolute Gasteiger partial charge is 0.254 e. The third-order valence-corrected chi connectivity index (χ3v) is 3.24. The minimum atomic E-state index is -0.130. The maximum absolute atomic E-state index is 11.9. The molecule has 0 atom stereocenters. The van der Waals surface area contributed by atoms with Gasteiger partial charge in [-0.25, -0.2) is 9.97 Å². The highest BCUT2D eigenvalue weighted by molar-refractivity contribution is 5.93. The van der Waals surface area contributed by atoms with Crippen LogP contribution in [0.1, 0.15) is 36.5 Å². The average Bonchev–Trinajstić information content (AvgIpc) is 3.01. The summed E-state index contributed by atoms with van der Waals surface area (Å²) in [5.74, 6) is 0.588. The van der Waals surface area contributed by atoms with Crippen molar-refractivity contribution in [2.45, 2.75) is 26.2 Å². The van der Waals surface area contributed by atoms with Crippen molar-refractivity contribution in [3.8, 4) is 0 Å². The van der Waals surface area contributed by atoms with E-state index in [2.05, 4.69) is 20.2 Å². The summed E-state index contributed by atoms with van der Waals surface area (Å²) in [5.41, 5.74) is 0.504. The van der Waals surface area contributed by atoms with Crippen molar-refractivity contribution < 1.29 is 9.53 Å². The van der Waals surface area contributed by atoms with E-state index in [9.17, 15) is 4.79 Å². The zero-order valence-electron chi connectivity index (χ0n) is 12.0. The minimum absolute atomic E-state index is 0.130. The highest BCUT2D eigenvalue weighted by Gasteiger charge is 2.15. The highest BCUT2D eigenvalue weighted by atomic mass is 16.5. The second-order valence-corrected chi connectivity index (χ2v) is 4.77. The summed E-state index contributed by atoms with van der Waals surface area (Å²) in [6.45, 7) is 5.94.